The van der Waals surface area contributed by atoms with Crippen molar-refractivity contribution in [3.8, 4) is 0 Å². The highest BCUT2D eigenvalue weighted by atomic mass is 79.9. The molecule has 1 unspecified atom stereocenters. The van der Waals surface area contributed by atoms with Crippen molar-refractivity contribution in [3.05, 3.63) is 58.6 Å². The SMILES string of the molecule is CC1CN(C(=O)c2ccc(NS(=O)(=O)c3ccc(Br)cc3)cc2)CCO1. The zero-order chi connectivity index (χ0) is 18.7. The molecule has 1 heterocycles. The molecule has 0 spiro atoms. The van der Waals surface area contributed by atoms with Gasteiger partial charge >= 0.3 is 0 Å². The van der Waals surface area contributed by atoms with Crippen LogP contribution < -0.4 is 4.72 Å². The van der Waals surface area contributed by atoms with Gasteiger partial charge in [-0.2, -0.15) is 0 Å². The minimum absolute atomic E-state index is 0.0182. The maximum atomic E-state index is 12.5. The van der Waals surface area contributed by atoms with Crippen molar-refractivity contribution >= 4 is 37.5 Å². The number of halogens is 1. The van der Waals surface area contributed by atoms with Crippen LogP contribution in [0.4, 0.5) is 5.69 Å². The quantitative estimate of drug-likeness (QED) is 0.795. The zero-order valence-corrected chi connectivity index (χ0v) is 16.6. The molecule has 3 rings (SSSR count). The number of sulfonamides is 1. The normalized spacial score (nSPS) is 17.8. The van der Waals surface area contributed by atoms with Crippen LogP contribution in [-0.4, -0.2) is 45.0 Å². The van der Waals surface area contributed by atoms with Crippen LogP contribution in [0, 0.1) is 0 Å². The molecule has 0 radical (unpaired) electrons. The van der Waals surface area contributed by atoms with E-state index in [9.17, 15) is 13.2 Å². The van der Waals surface area contributed by atoms with Crippen LogP contribution in [0.15, 0.2) is 57.9 Å². The lowest BCUT2D eigenvalue weighted by Gasteiger charge is -2.31. The molecule has 0 aliphatic carbocycles. The van der Waals surface area contributed by atoms with Crippen molar-refractivity contribution in [2.75, 3.05) is 24.4 Å². The maximum absolute atomic E-state index is 12.5. The smallest absolute Gasteiger partial charge is 0.261 e. The summed E-state index contributed by atoms with van der Waals surface area (Å²) in [6, 6.07) is 12.8. The number of morpholine rings is 1. The molecule has 1 aliphatic rings. The van der Waals surface area contributed by atoms with Gasteiger partial charge in [0.2, 0.25) is 0 Å². The van der Waals surface area contributed by atoms with Crippen molar-refractivity contribution in [1.82, 2.24) is 4.90 Å². The van der Waals surface area contributed by atoms with Crippen LogP contribution >= 0.6 is 15.9 Å². The molecule has 1 N–H and O–H groups in total. The standard InChI is InChI=1S/C18H19BrN2O4S/c1-13-12-21(10-11-25-13)18(22)14-2-6-16(7-3-14)20-26(23,24)17-8-4-15(19)5-9-17/h2-9,13,20H,10-12H2,1H3. The fourth-order valence-corrected chi connectivity index (χ4v) is 4.02. The second kappa shape index (κ2) is 7.77. The van der Waals surface area contributed by atoms with Gasteiger partial charge in [-0.25, -0.2) is 8.42 Å². The van der Waals surface area contributed by atoms with Crippen molar-refractivity contribution in [1.29, 1.82) is 0 Å². The molecule has 0 bridgehead atoms. The van der Waals surface area contributed by atoms with E-state index < -0.39 is 10.0 Å². The molecule has 6 nitrogen and oxygen atoms in total. The Labute approximate surface area is 161 Å². The molecule has 1 atom stereocenters. The van der Waals surface area contributed by atoms with Crippen LogP contribution in [-0.2, 0) is 14.8 Å². The van der Waals surface area contributed by atoms with Crippen molar-refractivity contribution in [3.63, 3.8) is 0 Å². The topological polar surface area (TPSA) is 75.7 Å². The van der Waals surface area contributed by atoms with Crippen molar-refractivity contribution in [2.45, 2.75) is 17.9 Å². The van der Waals surface area contributed by atoms with Gasteiger partial charge in [0.1, 0.15) is 0 Å². The van der Waals surface area contributed by atoms with Gasteiger partial charge in [-0.05, 0) is 55.5 Å². The summed E-state index contributed by atoms with van der Waals surface area (Å²) in [5.41, 5.74) is 0.922. The van der Waals surface area contributed by atoms with E-state index >= 15 is 0 Å². The summed E-state index contributed by atoms with van der Waals surface area (Å²) in [5.74, 6) is -0.0810. The molecule has 138 valence electrons. The zero-order valence-electron chi connectivity index (χ0n) is 14.2. The van der Waals surface area contributed by atoms with Gasteiger partial charge < -0.3 is 9.64 Å². The van der Waals surface area contributed by atoms with Crippen LogP contribution in [0.3, 0.4) is 0 Å². The third kappa shape index (κ3) is 4.44. The van der Waals surface area contributed by atoms with Gasteiger partial charge in [0.15, 0.2) is 0 Å². The molecule has 0 aromatic heterocycles. The average molecular weight is 439 g/mol. The summed E-state index contributed by atoms with van der Waals surface area (Å²) in [6.45, 7) is 3.56. The molecule has 1 aliphatic heterocycles. The second-order valence-electron chi connectivity index (χ2n) is 6.07. The number of anilines is 1. The number of carbonyl (C=O) groups is 1. The Kier molecular flexibility index (Phi) is 5.64. The molecule has 1 saturated heterocycles. The lowest BCUT2D eigenvalue weighted by molar-refractivity contribution is -0.0124. The Morgan fingerprint density at radius 1 is 1.15 bits per heavy atom. The van der Waals surface area contributed by atoms with Crippen LogP contribution in [0.2, 0.25) is 0 Å². The minimum atomic E-state index is -3.67. The van der Waals surface area contributed by atoms with Crippen molar-refractivity contribution < 1.29 is 17.9 Å². The van der Waals surface area contributed by atoms with Gasteiger partial charge in [0, 0.05) is 28.8 Å². The van der Waals surface area contributed by atoms with Gasteiger partial charge in [0.05, 0.1) is 17.6 Å². The van der Waals surface area contributed by atoms with E-state index in [4.69, 9.17) is 4.74 Å². The van der Waals surface area contributed by atoms with Crippen LogP contribution in [0.5, 0.6) is 0 Å². The van der Waals surface area contributed by atoms with E-state index in [0.29, 0.717) is 30.9 Å². The first kappa shape index (κ1) is 18.9. The Morgan fingerprint density at radius 3 is 2.42 bits per heavy atom. The summed E-state index contributed by atoms with van der Waals surface area (Å²) in [5, 5.41) is 0. The van der Waals surface area contributed by atoms with Gasteiger partial charge in [-0.15, -0.1) is 0 Å². The average Bonchev–Trinajstić information content (AvgIpc) is 2.62. The van der Waals surface area contributed by atoms with E-state index in [-0.39, 0.29) is 16.9 Å². The lowest BCUT2D eigenvalue weighted by Crippen LogP contribution is -2.44. The largest absolute Gasteiger partial charge is 0.375 e. The van der Waals surface area contributed by atoms with Crippen LogP contribution in [0.1, 0.15) is 17.3 Å². The van der Waals surface area contributed by atoms with E-state index in [1.807, 2.05) is 6.92 Å². The van der Waals surface area contributed by atoms with E-state index in [0.717, 1.165) is 4.47 Å². The number of carbonyl (C=O) groups excluding carboxylic acids is 1. The first-order chi connectivity index (χ1) is 12.3. The summed E-state index contributed by atoms with van der Waals surface area (Å²) in [4.78, 5) is 14.4. The maximum Gasteiger partial charge on any atom is 0.261 e. The number of benzene rings is 2. The number of amides is 1. The Balaban J connectivity index is 1.71. The molecular weight excluding hydrogens is 420 g/mol. The Morgan fingerprint density at radius 2 is 1.81 bits per heavy atom. The molecule has 26 heavy (non-hydrogen) atoms. The minimum Gasteiger partial charge on any atom is -0.375 e. The number of nitrogens with zero attached hydrogens (tertiary/aromatic N) is 1. The molecule has 1 fully saturated rings. The van der Waals surface area contributed by atoms with Gasteiger partial charge in [-0.1, -0.05) is 15.9 Å². The number of nitrogens with one attached hydrogen (secondary N) is 1. The van der Waals surface area contributed by atoms with Gasteiger partial charge in [-0.3, -0.25) is 9.52 Å². The first-order valence-corrected chi connectivity index (χ1v) is 10.4. The summed E-state index contributed by atoms with van der Waals surface area (Å²) < 4.78 is 33.6. The fraction of sp³-hybridized carbons (Fsp3) is 0.278. The van der Waals surface area contributed by atoms with E-state index in [1.165, 1.54) is 12.1 Å². The van der Waals surface area contributed by atoms with E-state index in [1.54, 1.807) is 41.3 Å². The fourth-order valence-electron chi connectivity index (χ4n) is 2.69. The van der Waals surface area contributed by atoms with E-state index in [2.05, 4.69) is 20.7 Å². The monoisotopic (exact) mass is 438 g/mol. The van der Waals surface area contributed by atoms with Crippen LogP contribution in [0.25, 0.3) is 0 Å². The highest BCUT2D eigenvalue weighted by molar-refractivity contribution is 9.10. The molecule has 2 aromatic rings. The summed E-state index contributed by atoms with van der Waals surface area (Å²) >= 11 is 3.28. The number of hydrogen-bond acceptors (Lipinski definition) is 4. The lowest BCUT2D eigenvalue weighted by atomic mass is 10.1. The van der Waals surface area contributed by atoms with Crippen molar-refractivity contribution in [2.24, 2.45) is 0 Å². The predicted octanol–water partition coefficient (Wildman–Crippen LogP) is 3.11. The molecular formula is C18H19BrN2O4S. The summed E-state index contributed by atoms with van der Waals surface area (Å²) in [6.07, 6.45) is 0.0182. The number of rotatable bonds is 4. The molecule has 8 heteroatoms. The first-order valence-electron chi connectivity index (χ1n) is 8.14. The highest BCUT2D eigenvalue weighted by Gasteiger charge is 2.22. The second-order valence-corrected chi connectivity index (χ2v) is 8.67. The van der Waals surface area contributed by atoms with Gasteiger partial charge in [0.25, 0.3) is 15.9 Å². The highest BCUT2D eigenvalue weighted by Crippen LogP contribution is 2.20. The molecule has 2 aromatic carbocycles. The Bertz CT molecular complexity index is 882. The third-order valence-electron chi connectivity index (χ3n) is 4.04. The molecule has 1 amide bonds. The molecule has 0 saturated carbocycles. The number of ether oxygens (including phenoxy) is 1. The third-order valence-corrected chi connectivity index (χ3v) is 5.96. The predicted molar refractivity (Wildman–Crippen MR) is 103 cm³/mol. The Hall–Kier alpha value is -1.90. The summed E-state index contributed by atoms with van der Waals surface area (Å²) in [7, 11) is -3.67. The number of hydrogen-bond donors (Lipinski definition) is 1.